The summed E-state index contributed by atoms with van der Waals surface area (Å²) in [6.45, 7) is 10.5. The van der Waals surface area contributed by atoms with Crippen molar-refractivity contribution in [1.82, 2.24) is 5.32 Å². The average molecular weight is 298 g/mol. The highest BCUT2D eigenvalue weighted by Gasteiger charge is 2.27. The van der Waals surface area contributed by atoms with Crippen LogP contribution in [0.4, 0.5) is 0 Å². The molecule has 4 heteroatoms. The molecule has 0 aliphatic carbocycles. The summed E-state index contributed by atoms with van der Waals surface area (Å²) in [5.74, 6) is 0.445. The second-order valence-corrected chi connectivity index (χ2v) is 7.33. The molecule has 0 aliphatic rings. The maximum Gasteiger partial charge on any atom is 0.251 e. The van der Waals surface area contributed by atoms with Crippen LogP contribution < -0.4 is 10.1 Å². The minimum absolute atomic E-state index is 0.121. The largest absolute Gasteiger partial charge is 0.495 e. The molecule has 0 saturated heterocycles. The van der Waals surface area contributed by atoms with Crippen LogP contribution in [0, 0.1) is 5.41 Å². The van der Waals surface area contributed by atoms with Gasteiger partial charge in [-0.1, -0.05) is 32.4 Å². The lowest BCUT2D eigenvalue weighted by molar-refractivity contribution is 0.0891. The molecular weight excluding hydrogens is 274 g/mol. The van der Waals surface area contributed by atoms with Crippen molar-refractivity contribution >= 4 is 17.5 Å². The highest BCUT2D eigenvalue weighted by molar-refractivity contribution is 6.32. The van der Waals surface area contributed by atoms with Crippen LogP contribution >= 0.6 is 11.6 Å². The van der Waals surface area contributed by atoms with E-state index in [2.05, 4.69) is 26.1 Å². The molecule has 0 spiro atoms. The molecule has 0 radical (unpaired) electrons. The van der Waals surface area contributed by atoms with Gasteiger partial charge in [-0.15, -0.1) is 0 Å². The number of amides is 1. The molecule has 0 aromatic heterocycles. The van der Waals surface area contributed by atoms with Crippen LogP contribution in [-0.2, 0) is 0 Å². The fourth-order valence-electron chi connectivity index (χ4n) is 2.56. The molecule has 1 amide bonds. The Hall–Kier alpha value is -1.22. The van der Waals surface area contributed by atoms with Crippen molar-refractivity contribution in [3.8, 4) is 5.75 Å². The topological polar surface area (TPSA) is 38.3 Å². The Morgan fingerprint density at radius 1 is 1.25 bits per heavy atom. The monoisotopic (exact) mass is 297 g/mol. The predicted molar refractivity (Wildman–Crippen MR) is 83.6 cm³/mol. The second-order valence-electron chi connectivity index (χ2n) is 6.92. The number of halogens is 1. The van der Waals surface area contributed by atoms with E-state index in [1.54, 1.807) is 25.3 Å². The van der Waals surface area contributed by atoms with E-state index < -0.39 is 0 Å². The molecule has 0 unspecified atom stereocenters. The third-order valence-electron chi connectivity index (χ3n) is 2.84. The summed E-state index contributed by atoms with van der Waals surface area (Å²) in [5, 5.41) is 3.49. The summed E-state index contributed by atoms with van der Waals surface area (Å²) in [5.41, 5.74) is 0.411. The first kappa shape index (κ1) is 16.8. The van der Waals surface area contributed by atoms with Crippen LogP contribution in [0.3, 0.4) is 0 Å². The fourth-order valence-corrected chi connectivity index (χ4v) is 2.81. The molecule has 0 aliphatic heterocycles. The van der Waals surface area contributed by atoms with E-state index in [9.17, 15) is 4.79 Å². The summed E-state index contributed by atoms with van der Waals surface area (Å²) in [7, 11) is 1.55. The summed E-state index contributed by atoms with van der Waals surface area (Å²) >= 11 is 6.05. The van der Waals surface area contributed by atoms with Crippen LogP contribution in [0.2, 0.25) is 5.02 Å². The Bertz CT molecular complexity index is 490. The van der Waals surface area contributed by atoms with Crippen molar-refractivity contribution in [3.63, 3.8) is 0 Å². The quantitative estimate of drug-likeness (QED) is 0.900. The maximum absolute atomic E-state index is 12.3. The lowest BCUT2D eigenvalue weighted by Gasteiger charge is -2.33. The zero-order valence-electron chi connectivity index (χ0n) is 13.1. The van der Waals surface area contributed by atoms with E-state index in [-0.39, 0.29) is 16.9 Å². The Morgan fingerprint density at radius 3 is 2.30 bits per heavy atom. The van der Waals surface area contributed by atoms with Crippen LogP contribution in [0.5, 0.6) is 5.75 Å². The third-order valence-corrected chi connectivity index (χ3v) is 3.13. The molecule has 0 heterocycles. The van der Waals surface area contributed by atoms with Gasteiger partial charge in [-0.05, 0) is 43.9 Å². The number of ether oxygens (including phenoxy) is 1. The van der Waals surface area contributed by atoms with Crippen molar-refractivity contribution < 1.29 is 9.53 Å². The molecule has 0 bridgehead atoms. The molecule has 1 N–H and O–H groups in total. The minimum atomic E-state index is -0.276. The molecule has 112 valence electrons. The SMILES string of the molecule is COc1ccc(C(=O)NC(C)(C)CC(C)(C)C)cc1Cl. The first-order valence-electron chi connectivity index (χ1n) is 6.70. The molecular formula is C16H24ClNO2. The van der Waals surface area contributed by atoms with Gasteiger partial charge in [0.15, 0.2) is 0 Å². The van der Waals surface area contributed by atoms with E-state index in [0.29, 0.717) is 16.3 Å². The van der Waals surface area contributed by atoms with Gasteiger partial charge >= 0.3 is 0 Å². The van der Waals surface area contributed by atoms with Crippen molar-refractivity contribution in [1.29, 1.82) is 0 Å². The molecule has 0 saturated carbocycles. The standard InChI is InChI=1S/C16H24ClNO2/c1-15(2,3)10-16(4,5)18-14(19)11-7-8-13(20-6)12(17)9-11/h7-9H,10H2,1-6H3,(H,18,19). The van der Waals surface area contributed by atoms with Crippen molar-refractivity contribution in [3.05, 3.63) is 28.8 Å². The summed E-state index contributed by atoms with van der Waals surface area (Å²) in [6.07, 6.45) is 0.885. The zero-order chi connectivity index (χ0) is 15.6. The predicted octanol–water partition coefficient (Wildman–Crippen LogP) is 4.29. The maximum atomic E-state index is 12.3. The number of rotatable bonds is 4. The van der Waals surface area contributed by atoms with E-state index in [1.165, 1.54) is 0 Å². The first-order valence-corrected chi connectivity index (χ1v) is 7.08. The minimum Gasteiger partial charge on any atom is -0.495 e. The number of carbonyl (C=O) groups is 1. The molecule has 0 fully saturated rings. The van der Waals surface area contributed by atoms with Crippen molar-refractivity contribution in [2.45, 2.75) is 46.6 Å². The van der Waals surface area contributed by atoms with E-state index in [0.717, 1.165) is 6.42 Å². The average Bonchev–Trinajstić information content (AvgIpc) is 2.24. The number of carbonyl (C=O) groups excluding carboxylic acids is 1. The highest BCUT2D eigenvalue weighted by atomic mass is 35.5. The lowest BCUT2D eigenvalue weighted by Crippen LogP contribution is -2.45. The smallest absolute Gasteiger partial charge is 0.251 e. The number of hydrogen-bond donors (Lipinski definition) is 1. The van der Waals surface area contributed by atoms with Gasteiger partial charge in [0.25, 0.3) is 5.91 Å². The van der Waals surface area contributed by atoms with Gasteiger partial charge in [-0.2, -0.15) is 0 Å². The van der Waals surface area contributed by atoms with Gasteiger partial charge in [0.2, 0.25) is 0 Å². The normalized spacial score (nSPS) is 12.2. The van der Waals surface area contributed by atoms with Gasteiger partial charge in [0.1, 0.15) is 5.75 Å². The fraction of sp³-hybridized carbons (Fsp3) is 0.562. The van der Waals surface area contributed by atoms with Gasteiger partial charge in [0.05, 0.1) is 12.1 Å². The van der Waals surface area contributed by atoms with Crippen LogP contribution in [0.15, 0.2) is 18.2 Å². The Balaban J connectivity index is 2.83. The summed E-state index contributed by atoms with van der Waals surface area (Å²) in [6, 6.07) is 5.05. The number of hydrogen-bond acceptors (Lipinski definition) is 2. The van der Waals surface area contributed by atoms with Crippen LogP contribution in [-0.4, -0.2) is 18.6 Å². The molecule has 3 nitrogen and oxygen atoms in total. The summed E-state index contributed by atoms with van der Waals surface area (Å²) < 4.78 is 5.08. The van der Waals surface area contributed by atoms with E-state index >= 15 is 0 Å². The van der Waals surface area contributed by atoms with Gasteiger partial charge < -0.3 is 10.1 Å². The number of methoxy groups -OCH3 is 1. The second kappa shape index (κ2) is 6.04. The molecule has 1 rings (SSSR count). The number of nitrogens with one attached hydrogen (secondary N) is 1. The Labute approximate surface area is 126 Å². The number of benzene rings is 1. The van der Waals surface area contributed by atoms with Crippen molar-refractivity contribution in [2.75, 3.05) is 7.11 Å². The Kier molecular flexibility index (Phi) is 5.09. The molecule has 1 aromatic carbocycles. The van der Waals surface area contributed by atoms with Gasteiger partial charge in [0, 0.05) is 11.1 Å². The zero-order valence-corrected chi connectivity index (χ0v) is 13.9. The molecule has 20 heavy (non-hydrogen) atoms. The lowest BCUT2D eigenvalue weighted by atomic mass is 9.81. The van der Waals surface area contributed by atoms with Gasteiger partial charge in [-0.3, -0.25) is 4.79 Å². The third kappa shape index (κ3) is 5.04. The van der Waals surface area contributed by atoms with Crippen molar-refractivity contribution in [2.24, 2.45) is 5.41 Å². The van der Waals surface area contributed by atoms with Gasteiger partial charge in [-0.25, -0.2) is 0 Å². The first-order chi connectivity index (χ1) is 9.04. The highest BCUT2D eigenvalue weighted by Crippen LogP contribution is 2.28. The van der Waals surface area contributed by atoms with E-state index in [4.69, 9.17) is 16.3 Å². The van der Waals surface area contributed by atoms with Crippen LogP contribution in [0.1, 0.15) is 51.4 Å². The van der Waals surface area contributed by atoms with Crippen LogP contribution in [0.25, 0.3) is 0 Å². The Morgan fingerprint density at radius 2 is 1.85 bits per heavy atom. The molecule has 0 atom stereocenters. The molecule has 1 aromatic rings. The van der Waals surface area contributed by atoms with E-state index in [1.807, 2.05) is 13.8 Å². The summed E-state index contributed by atoms with van der Waals surface area (Å²) in [4.78, 5) is 12.3.